The summed E-state index contributed by atoms with van der Waals surface area (Å²) in [5, 5.41) is 10.0. The maximum atomic E-state index is 15.7. The molecule has 2 aromatic carbocycles. The molecule has 3 atom stereocenters. The van der Waals surface area contributed by atoms with E-state index in [9.17, 15) is 27.9 Å². The second-order valence-electron chi connectivity index (χ2n) is 9.08. The summed E-state index contributed by atoms with van der Waals surface area (Å²) >= 11 is 0. The van der Waals surface area contributed by atoms with Gasteiger partial charge >= 0.3 is 5.69 Å². The number of methoxy groups -OCH3 is 1. The van der Waals surface area contributed by atoms with Gasteiger partial charge < -0.3 is 14.7 Å². The molecule has 2 heterocycles. The van der Waals surface area contributed by atoms with E-state index in [-0.39, 0.29) is 23.4 Å². The molecule has 0 amide bonds. The van der Waals surface area contributed by atoms with Crippen molar-refractivity contribution in [1.82, 2.24) is 9.55 Å². The molecule has 12 heteroatoms. The first kappa shape index (κ1) is 24.3. The average Bonchev–Trinajstić information content (AvgIpc) is 3.59. The van der Waals surface area contributed by atoms with Crippen molar-refractivity contribution < 1.29 is 31.8 Å². The monoisotopic (exact) mass is 511 g/mol. The minimum absolute atomic E-state index is 0.235. The zero-order valence-electron chi connectivity index (χ0n) is 19.0. The molecule has 192 valence electrons. The Hall–Kier alpha value is -3.41. The van der Waals surface area contributed by atoms with Crippen molar-refractivity contribution in [2.75, 3.05) is 25.1 Å². The molecule has 5 rings (SSSR count). The molecule has 2 aliphatic rings. The zero-order chi connectivity index (χ0) is 25.9. The van der Waals surface area contributed by atoms with Crippen LogP contribution >= 0.6 is 0 Å². The van der Waals surface area contributed by atoms with E-state index in [0.717, 1.165) is 28.7 Å². The number of benzene rings is 2. The van der Waals surface area contributed by atoms with Crippen LogP contribution in [0, 0.1) is 17.6 Å². The number of aliphatic hydroxyl groups is 1. The van der Waals surface area contributed by atoms with Crippen LogP contribution in [0.15, 0.2) is 33.9 Å². The van der Waals surface area contributed by atoms with Crippen LogP contribution in [0.5, 0.6) is 5.75 Å². The highest BCUT2D eigenvalue weighted by Gasteiger charge is 2.42. The number of nitrogens with zero attached hydrogens (tertiary/aromatic N) is 2. The summed E-state index contributed by atoms with van der Waals surface area (Å²) in [4.78, 5) is 28.3. The Morgan fingerprint density at radius 1 is 1.11 bits per heavy atom. The highest BCUT2D eigenvalue weighted by atomic mass is 19.3. The van der Waals surface area contributed by atoms with Crippen LogP contribution in [0.4, 0.5) is 27.6 Å². The molecule has 2 N–H and O–H groups in total. The molecule has 36 heavy (non-hydrogen) atoms. The number of aromatic nitrogens is 2. The number of H-pyrrole nitrogens is 1. The summed E-state index contributed by atoms with van der Waals surface area (Å²) in [6.07, 6.45) is -5.42. The second kappa shape index (κ2) is 8.91. The van der Waals surface area contributed by atoms with E-state index in [2.05, 4.69) is 0 Å². The van der Waals surface area contributed by atoms with Crippen LogP contribution in [0.3, 0.4) is 0 Å². The van der Waals surface area contributed by atoms with E-state index < -0.39 is 76.7 Å². The number of hydrogen-bond acceptors (Lipinski definition) is 5. The summed E-state index contributed by atoms with van der Waals surface area (Å²) in [6.45, 7) is -0.765. The Kier molecular flexibility index (Phi) is 6.01. The van der Waals surface area contributed by atoms with Crippen molar-refractivity contribution in [1.29, 1.82) is 0 Å². The van der Waals surface area contributed by atoms with Gasteiger partial charge in [0, 0.05) is 25.0 Å². The Labute approximate surface area is 200 Å². The van der Waals surface area contributed by atoms with Gasteiger partial charge in [0.15, 0.2) is 11.6 Å². The lowest BCUT2D eigenvalue weighted by Gasteiger charge is -2.26. The molecule has 0 bridgehead atoms. The number of aliphatic hydroxyl groups excluding tert-OH is 1. The van der Waals surface area contributed by atoms with Crippen molar-refractivity contribution in [3.8, 4) is 5.75 Å². The van der Waals surface area contributed by atoms with Crippen LogP contribution in [0.1, 0.15) is 42.5 Å². The van der Waals surface area contributed by atoms with Crippen molar-refractivity contribution in [3.05, 3.63) is 67.9 Å². The van der Waals surface area contributed by atoms with Gasteiger partial charge in [-0.1, -0.05) is 12.1 Å². The molecule has 1 aliphatic heterocycles. The minimum Gasteiger partial charge on any atom is -0.492 e. The van der Waals surface area contributed by atoms with E-state index in [1.54, 1.807) is 0 Å². The molecule has 3 aromatic rings. The number of alkyl halides is 3. The van der Waals surface area contributed by atoms with Crippen molar-refractivity contribution in [3.63, 3.8) is 0 Å². The number of ether oxygens (including phenoxy) is 1. The van der Waals surface area contributed by atoms with Crippen molar-refractivity contribution in [2.24, 2.45) is 5.92 Å². The van der Waals surface area contributed by atoms with E-state index in [1.165, 1.54) is 12.1 Å². The summed E-state index contributed by atoms with van der Waals surface area (Å²) in [5.41, 5.74) is -3.80. The molecule has 1 saturated carbocycles. The van der Waals surface area contributed by atoms with Gasteiger partial charge in [-0.15, -0.1) is 0 Å². The number of fused-ring (bicyclic) bond motifs is 1. The fraction of sp³-hybridized carbons (Fsp3) is 0.417. The standard InChI is InChI=1S/C24H22F5N3O4/c1-36-21-18-16(23(34)30-24(35)32(18)12-6-7-12)15(22(28)29)17(27)19(21)31-8-13(14(26)9-31)20(33)10-2-4-11(25)5-3-10/h2-5,12-14,20,22,33H,6-9H2,1H3,(H,30,34,35). The predicted octanol–water partition coefficient (Wildman–Crippen LogP) is 3.76. The van der Waals surface area contributed by atoms with Gasteiger partial charge in [0.05, 0.1) is 24.2 Å². The lowest BCUT2D eigenvalue weighted by atomic mass is 9.94. The Balaban J connectivity index is 1.69. The quantitative estimate of drug-likeness (QED) is 0.493. The first-order valence-corrected chi connectivity index (χ1v) is 11.3. The SMILES string of the molecule is COc1c(N2CC(F)C(C(O)c3ccc(F)cc3)C2)c(F)c(C(F)F)c2c(=O)[nH]c(=O)n(C3CC3)c12. The second-order valence-corrected chi connectivity index (χ2v) is 9.08. The van der Waals surface area contributed by atoms with E-state index in [4.69, 9.17) is 4.74 Å². The first-order chi connectivity index (χ1) is 17.1. The Morgan fingerprint density at radius 3 is 2.36 bits per heavy atom. The molecule has 2 fully saturated rings. The molecule has 0 spiro atoms. The highest BCUT2D eigenvalue weighted by molar-refractivity contribution is 5.94. The van der Waals surface area contributed by atoms with Crippen LogP contribution in [-0.4, -0.2) is 41.0 Å². The van der Waals surface area contributed by atoms with Gasteiger partial charge in [0.25, 0.3) is 12.0 Å². The topological polar surface area (TPSA) is 87.6 Å². The fourth-order valence-corrected chi connectivity index (χ4v) is 5.01. The van der Waals surface area contributed by atoms with Gasteiger partial charge in [-0.3, -0.25) is 14.3 Å². The fourth-order valence-electron chi connectivity index (χ4n) is 5.01. The number of anilines is 1. The summed E-state index contributed by atoms with van der Waals surface area (Å²) < 4.78 is 78.9. The molecule has 1 saturated heterocycles. The van der Waals surface area contributed by atoms with E-state index in [0.29, 0.717) is 12.8 Å². The highest BCUT2D eigenvalue weighted by Crippen LogP contribution is 2.47. The van der Waals surface area contributed by atoms with Gasteiger partial charge in [-0.2, -0.15) is 0 Å². The number of halogens is 5. The maximum absolute atomic E-state index is 15.7. The molecule has 3 unspecified atom stereocenters. The lowest BCUT2D eigenvalue weighted by molar-refractivity contribution is 0.0798. The van der Waals surface area contributed by atoms with Gasteiger partial charge in [0.1, 0.15) is 23.2 Å². The molecule has 7 nitrogen and oxygen atoms in total. The molecule has 1 aromatic heterocycles. The predicted molar refractivity (Wildman–Crippen MR) is 121 cm³/mol. The number of hydrogen-bond donors (Lipinski definition) is 2. The largest absolute Gasteiger partial charge is 0.492 e. The van der Waals surface area contributed by atoms with Gasteiger partial charge in [-0.05, 0) is 30.5 Å². The third-order valence-electron chi connectivity index (χ3n) is 6.85. The van der Waals surface area contributed by atoms with Crippen LogP contribution in [-0.2, 0) is 0 Å². The average molecular weight is 511 g/mol. The van der Waals surface area contributed by atoms with E-state index >= 15 is 8.78 Å². The van der Waals surface area contributed by atoms with Gasteiger partial charge in [0.2, 0.25) is 0 Å². The lowest BCUT2D eigenvalue weighted by Crippen LogP contribution is -2.32. The van der Waals surface area contributed by atoms with Crippen LogP contribution in [0.2, 0.25) is 0 Å². The summed E-state index contributed by atoms with van der Waals surface area (Å²) in [6, 6.07) is 4.40. The van der Waals surface area contributed by atoms with Gasteiger partial charge in [-0.25, -0.2) is 26.7 Å². The number of nitrogens with one attached hydrogen (secondary N) is 1. The Bertz CT molecular complexity index is 1440. The number of rotatable bonds is 6. The third-order valence-corrected chi connectivity index (χ3v) is 6.85. The van der Waals surface area contributed by atoms with Crippen molar-refractivity contribution in [2.45, 2.75) is 37.6 Å². The maximum Gasteiger partial charge on any atom is 0.329 e. The molecular formula is C24H22F5N3O4. The van der Waals surface area contributed by atoms with Crippen LogP contribution in [0.25, 0.3) is 10.9 Å². The number of aromatic amines is 1. The smallest absolute Gasteiger partial charge is 0.329 e. The Morgan fingerprint density at radius 2 is 1.78 bits per heavy atom. The third kappa shape index (κ3) is 3.83. The van der Waals surface area contributed by atoms with Crippen LogP contribution < -0.4 is 20.9 Å². The first-order valence-electron chi connectivity index (χ1n) is 11.3. The summed E-state index contributed by atoms with van der Waals surface area (Å²) in [5.74, 6) is -3.46. The minimum atomic E-state index is -3.42. The zero-order valence-corrected chi connectivity index (χ0v) is 19.0. The molecule has 0 radical (unpaired) electrons. The molecule has 1 aliphatic carbocycles. The normalized spacial score (nSPS) is 20.9. The molecular weight excluding hydrogens is 489 g/mol. The van der Waals surface area contributed by atoms with E-state index in [1.807, 2.05) is 4.98 Å². The van der Waals surface area contributed by atoms with Crippen molar-refractivity contribution >= 4 is 16.6 Å². The summed E-state index contributed by atoms with van der Waals surface area (Å²) in [7, 11) is 1.14.